The zero-order chi connectivity index (χ0) is 52.4. The normalized spacial score (nSPS) is 13.0. The van der Waals surface area contributed by atoms with Crippen molar-refractivity contribution in [3.8, 4) is 0 Å². The second kappa shape index (κ2) is 50.2. The van der Waals surface area contributed by atoms with Crippen LogP contribution in [-0.2, 0) is 28.8 Å². The molecule has 71 heavy (non-hydrogen) atoms. The molecule has 4 atom stereocenters. The van der Waals surface area contributed by atoms with Crippen molar-refractivity contribution in [2.45, 2.75) is 295 Å². The Bertz CT molecular complexity index is 1320. The molecule has 416 valence electrons. The molecular weight excluding hydrogens is 895 g/mol. The first-order valence-electron chi connectivity index (χ1n) is 29.4. The van der Waals surface area contributed by atoms with E-state index < -0.39 is 47.8 Å². The van der Waals surface area contributed by atoms with Crippen LogP contribution in [0.3, 0.4) is 0 Å². The van der Waals surface area contributed by atoms with Gasteiger partial charge in [-0.2, -0.15) is 0 Å². The monoisotopic (exact) mass is 1010 g/mol. The molecule has 0 aliphatic heterocycles. The van der Waals surface area contributed by atoms with E-state index in [0.29, 0.717) is 103 Å². The Labute approximate surface area is 433 Å². The van der Waals surface area contributed by atoms with Gasteiger partial charge in [0.15, 0.2) is 0 Å². The maximum atomic E-state index is 14.1. The lowest BCUT2D eigenvalue weighted by atomic mass is 10.0. The number of nitrogens with one attached hydrogen (secondary N) is 5. The Morgan fingerprint density at radius 2 is 0.606 bits per heavy atom. The van der Waals surface area contributed by atoms with Gasteiger partial charge in [0, 0.05) is 19.4 Å². The Morgan fingerprint density at radius 3 is 0.944 bits per heavy atom. The summed E-state index contributed by atoms with van der Waals surface area (Å²) in [6.07, 6.45) is 38.6. The lowest BCUT2D eigenvalue weighted by Gasteiger charge is -2.26. The number of carbonyl (C=O) groups excluding carboxylic acids is 6. The lowest BCUT2D eigenvalue weighted by molar-refractivity contribution is -0.134. The van der Waals surface area contributed by atoms with Crippen LogP contribution in [0, 0.1) is 0 Å². The Hall–Kier alpha value is -3.30. The summed E-state index contributed by atoms with van der Waals surface area (Å²) in [5, 5.41) is 14.5. The predicted octanol–water partition coefficient (Wildman–Crippen LogP) is 9.05. The summed E-state index contributed by atoms with van der Waals surface area (Å²) in [7, 11) is 0. The van der Waals surface area contributed by atoms with Gasteiger partial charge in [-0.15, -0.1) is 0 Å². The minimum absolute atomic E-state index is 0.0339. The third kappa shape index (κ3) is 41.8. The average Bonchev–Trinajstić information content (AvgIpc) is 3.35. The zero-order valence-corrected chi connectivity index (χ0v) is 45.7. The molecule has 0 bridgehead atoms. The van der Waals surface area contributed by atoms with Crippen molar-refractivity contribution in [1.82, 2.24) is 26.6 Å². The molecule has 0 rings (SSSR count). The second-order valence-corrected chi connectivity index (χ2v) is 20.4. The van der Waals surface area contributed by atoms with Gasteiger partial charge in [-0.1, -0.05) is 168 Å². The maximum absolute atomic E-state index is 14.1. The largest absolute Gasteiger partial charge is 0.368 e. The van der Waals surface area contributed by atoms with E-state index in [9.17, 15) is 28.8 Å². The lowest BCUT2D eigenvalue weighted by Crippen LogP contribution is -2.58. The van der Waals surface area contributed by atoms with Crippen molar-refractivity contribution in [2.24, 2.45) is 22.9 Å². The van der Waals surface area contributed by atoms with E-state index in [2.05, 4.69) is 40.4 Å². The number of hydrogen-bond donors (Lipinski definition) is 9. The van der Waals surface area contributed by atoms with Crippen molar-refractivity contribution in [1.29, 1.82) is 0 Å². The quantitative estimate of drug-likeness (QED) is 0.0263. The molecule has 0 saturated carbocycles. The van der Waals surface area contributed by atoms with Crippen LogP contribution in [0.5, 0.6) is 0 Å². The zero-order valence-electron chi connectivity index (χ0n) is 45.7. The molecule has 0 unspecified atom stereocenters. The number of nitrogens with two attached hydrogens (primary N) is 4. The molecule has 0 aromatic rings. The Kier molecular flexibility index (Phi) is 47.9. The van der Waals surface area contributed by atoms with Crippen LogP contribution in [0.2, 0.25) is 0 Å². The summed E-state index contributed by atoms with van der Waals surface area (Å²) in [5.41, 5.74) is 22.8. The van der Waals surface area contributed by atoms with Crippen LogP contribution in [0.25, 0.3) is 0 Å². The van der Waals surface area contributed by atoms with E-state index in [1.54, 1.807) is 0 Å². The van der Waals surface area contributed by atoms with Crippen molar-refractivity contribution in [3.05, 3.63) is 0 Å². The molecule has 6 amide bonds. The van der Waals surface area contributed by atoms with Crippen LogP contribution >= 0.6 is 0 Å². The number of primary amides is 1. The molecule has 13 N–H and O–H groups in total. The fourth-order valence-corrected chi connectivity index (χ4v) is 9.05. The van der Waals surface area contributed by atoms with E-state index in [1.807, 2.05) is 0 Å². The highest BCUT2D eigenvalue weighted by Crippen LogP contribution is 2.16. The van der Waals surface area contributed by atoms with Gasteiger partial charge < -0.3 is 49.5 Å². The molecule has 0 fully saturated rings. The van der Waals surface area contributed by atoms with Gasteiger partial charge in [0.05, 0.1) is 0 Å². The molecular formula is C56H111N9O6. The van der Waals surface area contributed by atoms with Gasteiger partial charge in [0.1, 0.15) is 24.2 Å². The van der Waals surface area contributed by atoms with Gasteiger partial charge in [-0.3, -0.25) is 28.8 Å². The molecule has 0 spiro atoms. The minimum atomic E-state index is -1.01. The topological polar surface area (TPSA) is 267 Å². The fraction of sp³-hybridized carbons (Fsp3) is 0.893. The SMILES string of the molecule is CCCCCCCCCCCCCCCC(=O)NCCCC[C@H](NC(=O)CCCCCCCCCCCCCCC)C(=O)N[C@@H](CCCCN)C(=O)N[C@@H](CCCCN)C(=O)N[C@@H](CCCCN)C(N)=O. The molecule has 0 radical (unpaired) electrons. The number of rotatable bonds is 53. The maximum Gasteiger partial charge on any atom is 0.243 e. The summed E-state index contributed by atoms with van der Waals surface area (Å²) in [6.45, 7) is 6.22. The summed E-state index contributed by atoms with van der Waals surface area (Å²) in [6, 6.07) is -3.84. The van der Waals surface area contributed by atoms with E-state index in [0.717, 1.165) is 44.9 Å². The van der Waals surface area contributed by atoms with Gasteiger partial charge >= 0.3 is 0 Å². The number of hydrogen-bond acceptors (Lipinski definition) is 9. The number of carbonyl (C=O) groups is 6. The van der Waals surface area contributed by atoms with E-state index in [4.69, 9.17) is 22.9 Å². The van der Waals surface area contributed by atoms with Crippen LogP contribution < -0.4 is 49.5 Å². The van der Waals surface area contributed by atoms with Crippen LogP contribution in [0.4, 0.5) is 0 Å². The average molecular weight is 1010 g/mol. The smallest absolute Gasteiger partial charge is 0.243 e. The Balaban J connectivity index is 5.49. The number of amides is 6. The third-order valence-corrected chi connectivity index (χ3v) is 13.7. The van der Waals surface area contributed by atoms with Gasteiger partial charge in [-0.25, -0.2) is 0 Å². The highest BCUT2D eigenvalue weighted by Gasteiger charge is 2.31. The van der Waals surface area contributed by atoms with Gasteiger partial charge in [0.2, 0.25) is 35.4 Å². The van der Waals surface area contributed by atoms with Crippen LogP contribution in [-0.4, -0.2) is 85.8 Å². The van der Waals surface area contributed by atoms with Gasteiger partial charge in [0.25, 0.3) is 0 Å². The molecule has 0 heterocycles. The molecule has 15 nitrogen and oxygen atoms in total. The standard InChI is InChI=1S/C56H111N9O6/c1-3-5-7-9-11-13-15-17-19-21-23-25-27-41-51(66)61-46-36-32-40-48(62-52(67)42-28-26-24-22-20-18-16-14-12-10-8-6-4-2)54(69)64-50(39-31-35-45-59)56(71)65-49(38-30-34-44-58)55(70)63-47(53(60)68)37-29-33-43-57/h47-50H,3-46,57-59H2,1-2H3,(H2,60,68)(H,61,66)(H,62,67)(H,63,70)(H,64,69)(H,65,71)/t47-,48-,49-,50-/m0/s1. The van der Waals surface area contributed by atoms with Crippen molar-refractivity contribution >= 4 is 35.4 Å². The first-order chi connectivity index (χ1) is 34.5. The Morgan fingerprint density at radius 1 is 0.324 bits per heavy atom. The summed E-state index contributed by atoms with van der Waals surface area (Å²) < 4.78 is 0. The summed E-state index contributed by atoms with van der Waals surface area (Å²) in [5.74, 6) is -2.44. The third-order valence-electron chi connectivity index (χ3n) is 13.7. The van der Waals surface area contributed by atoms with Crippen molar-refractivity contribution in [2.75, 3.05) is 26.2 Å². The molecule has 15 heteroatoms. The summed E-state index contributed by atoms with van der Waals surface area (Å²) >= 11 is 0. The first-order valence-corrected chi connectivity index (χ1v) is 29.4. The second-order valence-electron chi connectivity index (χ2n) is 20.4. The van der Waals surface area contributed by atoms with Crippen LogP contribution in [0.1, 0.15) is 271 Å². The highest BCUT2D eigenvalue weighted by atomic mass is 16.2. The van der Waals surface area contributed by atoms with E-state index in [-0.39, 0.29) is 24.7 Å². The van der Waals surface area contributed by atoms with E-state index in [1.165, 1.54) is 122 Å². The molecule has 0 aliphatic rings. The first kappa shape index (κ1) is 67.7. The van der Waals surface area contributed by atoms with E-state index >= 15 is 0 Å². The van der Waals surface area contributed by atoms with Crippen LogP contribution in [0.15, 0.2) is 0 Å². The molecule has 0 aliphatic carbocycles. The van der Waals surface area contributed by atoms with Gasteiger partial charge in [-0.05, 0) is 110 Å². The predicted molar refractivity (Wildman–Crippen MR) is 293 cm³/mol. The fourth-order valence-electron chi connectivity index (χ4n) is 9.05. The minimum Gasteiger partial charge on any atom is -0.368 e. The summed E-state index contributed by atoms with van der Waals surface area (Å²) in [4.78, 5) is 80.0. The molecule has 0 saturated heterocycles. The van der Waals surface area contributed by atoms with Crippen molar-refractivity contribution in [3.63, 3.8) is 0 Å². The highest BCUT2D eigenvalue weighted by molar-refractivity contribution is 5.95. The molecule has 0 aromatic carbocycles. The molecule has 0 aromatic heterocycles. The van der Waals surface area contributed by atoms with Crippen molar-refractivity contribution < 1.29 is 28.8 Å². The number of unbranched alkanes of at least 4 members (excludes halogenated alkanes) is 28.